The van der Waals surface area contributed by atoms with Gasteiger partial charge in [-0.05, 0) is 38.3 Å². The van der Waals surface area contributed by atoms with Crippen molar-refractivity contribution in [2.24, 2.45) is 7.05 Å². The minimum atomic E-state index is 0.664. The number of rotatable bonds is 3. The van der Waals surface area contributed by atoms with Gasteiger partial charge in [-0.2, -0.15) is 5.10 Å². The summed E-state index contributed by atoms with van der Waals surface area (Å²) in [6.45, 7) is 6.75. The van der Waals surface area contributed by atoms with Crippen molar-refractivity contribution in [3.8, 4) is 0 Å². The molecule has 0 aliphatic carbocycles. The average molecular weight is 221 g/mol. The Morgan fingerprint density at radius 2 is 2.31 bits per heavy atom. The maximum absolute atomic E-state index is 4.66. The first kappa shape index (κ1) is 11.6. The highest BCUT2D eigenvalue weighted by Crippen LogP contribution is 2.27. The second-order valence-corrected chi connectivity index (χ2v) is 4.87. The first-order valence-corrected chi connectivity index (χ1v) is 6.47. The van der Waals surface area contributed by atoms with E-state index in [-0.39, 0.29) is 0 Å². The van der Waals surface area contributed by atoms with Crippen molar-refractivity contribution in [1.29, 1.82) is 0 Å². The molecule has 0 spiro atoms. The van der Waals surface area contributed by atoms with Crippen molar-refractivity contribution >= 4 is 0 Å². The van der Waals surface area contributed by atoms with Crippen LogP contribution in [0, 0.1) is 6.92 Å². The molecule has 1 N–H and O–H groups in total. The van der Waals surface area contributed by atoms with Crippen LogP contribution in [0.1, 0.15) is 49.1 Å². The van der Waals surface area contributed by atoms with Crippen molar-refractivity contribution in [3.05, 3.63) is 17.0 Å². The molecule has 90 valence electrons. The van der Waals surface area contributed by atoms with Crippen LogP contribution in [-0.2, 0) is 13.5 Å². The number of aromatic nitrogens is 2. The first-order valence-electron chi connectivity index (χ1n) is 6.47. The van der Waals surface area contributed by atoms with E-state index in [1.807, 2.05) is 0 Å². The van der Waals surface area contributed by atoms with Gasteiger partial charge in [-0.3, -0.25) is 4.68 Å². The number of nitrogens with one attached hydrogen (secondary N) is 1. The van der Waals surface area contributed by atoms with Crippen LogP contribution in [-0.4, -0.2) is 22.9 Å². The summed E-state index contributed by atoms with van der Waals surface area (Å²) in [7, 11) is 2.09. The molecule has 2 heterocycles. The molecule has 1 unspecified atom stereocenters. The minimum Gasteiger partial charge on any atom is -0.316 e. The minimum absolute atomic E-state index is 0.664. The van der Waals surface area contributed by atoms with Crippen LogP contribution in [0.15, 0.2) is 0 Å². The zero-order chi connectivity index (χ0) is 11.5. The number of hydrogen-bond donors (Lipinski definition) is 1. The van der Waals surface area contributed by atoms with Crippen molar-refractivity contribution in [3.63, 3.8) is 0 Å². The van der Waals surface area contributed by atoms with Crippen LogP contribution < -0.4 is 5.32 Å². The van der Waals surface area contributed by atoms with Gasteiger partial charge < -0.3 is 5.32 Å². The topological polar surface area (TPSA) is 29.9 Å². The molecule has 1 fully saturated rings. The maximum Gasteiger partial charge on any atom is 0.0656 e. The van der Waals surface area contributed by atoms with Gasteiger partial charge >= 0.3 is 0 Å². The molecule has 1 aliphatic rings. The largest absolute Gasteiger partial charge is 0.316 e. The van der Waals surface area contributed by atoms with Gasteiger partial charge in [0.1, 0.15) is 0 Å². The molecule has 2 rings (SSSR count). The molecular formula is C13H23N3. The van der Waals surface area contributed by atoms with Gasteiger partial charge in [-0.15, -0.1) is 0 Å². The van der Waals surface area contributed by atoms with E-state index in [0.29, 0.717) is 5.92 Å². The zero-order valence-corrected chi connectivity index (χ0v) is 10.7. The van der Waals surface area contributed by atoms with Crippen LogP contribution in [0.5, 0.6) is 0 Å². The number of nitrogens with zero attached hydrogens (tertiary/aromatic N) is 2. The van der Waals surface area contributed by atoms with Crippen molar-refractivity contribution < 1.29 is 0 Å². The van der Waals surface area contributed by atoms with Gasteiger partial charge in [0.15, 0.2) is 0 Å². The third kappa shape index (κ3) is 2.14. The Morgan fingerprint density at radius 1 is 1.50 bits per heavy atom. The summed E-state index contributed by atoms with van der Waals surface area (Å²) in [5.74, 6) is 0.664. The summed E-state index contributed by atoms with van der Waals surface area (Å²) in [5.41, 5.74) is 4.18. The molecule has 0 radical (unpaired) electrons. The fourth-order valence-electron chi connectivity index (χ4n) is 2.83. The Labute approximate surface area is 98.2 Å². The van der Waals surface area contributed by atoms with Gasteiger partial charge in [0, 0.05) is 25.2 Å². The summed E-state index contributed by atoms with van der Waals surface area (Å²) in [6, 6.07) is 0. The van der Waals surface area contributed by atoms with Crippen LogP contribution >= 0.6 is 0 Å². The molecular weight excluding hydrogens is 198 g/mol. The van der Waals surface area contributed by atoms with Crippen molar-refractivity contribution in [2.45, 2.75) is 45.4 Å². The van der Waals surface area contributed by atoms with Gasteiger partial charge in [0.05, 0.1) is 5.69 Å². The van der Waals surface area contributed by atoms with Gasteiger partial charge in [-0.25, -0.2) is 0 Å². The normalized spacial score (nSPS) is 21.3. The SMILES string of the molecule is CCCc1nn(C)c(C2CCCNC2)c1C. The molecule has 1 aromatic heterocycles. The number of aryl methyl sites for hydroxylation is 2. The second kappa shape index (κ2) is 5.00. The predicted molar refractivity (Wildman–Crippen MR) is 66.8 cm³/mol. The molecule has 1 aromatic rings. The van der Waals surface area contributed by atoms with Gasteiger partial charge in [0.25, 0.3) is 0 Å². The molecule has 3 heteroatoms. The van der Waals surface area contributed by atoms with E-state index in [2.05, 4.69) is 36.0 Å². The van der Waals surface area contributed by atoms with E-state index in [1.54, 1.807) is 0 Å². The monoisotopic (exact) mass is 221 g/mol. The molecule has 3 nitrogen and oxygen atoms in total. The molecule has 0 saturated carbocycles. The fourth-order valence-corrected chi connectivity index (χ4v) is 2.83. The van der Waals surface area contributed by atoms with Crippen LogP contribution in [0.2, 0.25) is 0 Å². The summed E-state index contributed by atoms with van der Waals surface area (Å²) in [6.07, 6.45) is 4.89. The fraction of sp³-hybridized carbons (Fsp3) is 0.769. The zero-order valence-electron chi connectivity index (χ0n) is 10.7. The standard InChI is InChI=1S/C13H23N3/c1-4-6-12-10(2)13(16(3)15-12)11-7-5-8-14-9-11/h11,14H,4-9H2,1-3H3. The Morgan fingerprint density at radius 3 is 2.94 bits per heavy atom. The van der Waals surface area contributed by atoms with E-state index in [1.165, 1.54) is 42.8 Å². The average Bonchev–Trinajstić information content (AvgIpc) is 2.56. The Bertz CT molecular complexity index is 348. The van der Waals surface area contributed by atoms with E-state index in [4.69, 9.17) is 0 Å². The maximum atomic E-state index is 4.66. The molecule has 0 amide bonds. The summed E-state index contributed by atoms with van der Waals surface area (Å²) in [4.78, 5) is 0. The third-order valence-corrected chi connectivity index (χ3v) is 3.61. The number of hydrogen-bond acceptors (Lipinski definition) is 2. The third-order valence-electron chi connectivity index (χ3n) is 3.61. The molecule has 0 aromatic carbocycles. The highest BCUT2D eigenvalue weighted by atomic mass is 15.3. The van der Waals surface area contributed by atoms with Gasteiger partial charge in [-0.1, -0.05) is 13.3 Å². The Kier molecular flexibility index (Phi) is 3.64. The highest BCUT2D eigenvalue weighted by Gasteiger charge is 2.22. The lowest BCUT2D eigenvalue weighted by atomic mass is 9.93. The molecule has 0 bridgehead atoms. The summed E-state index contributed by atoms with van der Waals surface area (Å²) < 4.78 is 2.11. The van der Waals surface area contributed by atoms with Crippen LogP contribution in [0.25, 0.3) is 0 Å². The van der Waals surface area contributed by atoms with Crippen LogP contribution in [0.3, 0.4) is 0 Å². The highest BCUT2D eigenvalue weighted by molar-refractivity contribution is 5.28. The first-order chi connectivity index (χ1) is 7.74. The Hall–Kier alpha value is -0.830. The van der Waals surface area contributed by atoms with Crippen molar-refractivity contribution in [1.82, 2.24) is 15.1 Å². The quantitative estimate of drug-likeness (QED) is 0.847. The second-order valence-electron chi connectivity index (χ2n) is 4.87. The molecule has 1 atom stereocenters. The van der Waals surface area contributed by atoms with Gasteiger partial charge in [0.2, 0.25) is 0 Å². The Balaban J connectivity index is 2.24. The molecule has 1 saturated heterocycles. The lowest BCUT2D eigenvalue weighted by Crippen LogP contribution is -2.29. The van der Waals surface area contributed by atoms with Crippen LogP contribution in [0.4, 0.5) is 0 Å². The van der Waals surface area contributed by atoms with E-state index in [9.17, 15) is 0 Å². The predicted octanol–water partition coefficient (Wildman–Crippen LogP) is 2.15. The lowest BCUT2D eigenvalue weighted by molar-refractivity contribution is 0.440. The molecule has 16 heavy (non-hydrogen) atoms. The number of piperidine rings is 1. The van der Waals surface area contributed by atoms with E-state index in [0.717, 1.165) is 13.0 Å². The van der Waals surface area contributed by atoms with E-state index >= 15 is 0 Å². The molecule has 1 aliphatic heterocycles. The summed E-state index contributed by atoms with van der Waals surface area (Å²) in [5, 5.41) is 8.15. The smallest absolute Gasteiger partial charge is 0.0656 e. The summed E-state index contributed by atoms with van der Waals surface area (Å²) >= 11 is 0. The van der Waals surface area contributed by atoms with E-state index < -0.39 is 0 Å². The van der Waals surface area contributed by atoms with Crippen molar-refractivity contribution in [2.75, 3.05) is 13.1 Å². The lowest BCUT2D eigenvalue weighted by Gasteiger charge is -2.23.